The molecule has 1 saturated heterocycles. The van der Waals surface area contributed by atoms with E-state index >= 15 is 0 Å². The van der Waals surface area contributed by atoms with Crippen LogP contribution in [0.25, 0.3) is 0 Å². The number of carbonyl (C=O) groups excluding carboxylic acids is 1. The topological polar surface area (TPSA) is 97.7 Å². The quantitative estimate of drug-likeness (QED) is 0.621. The molecule has 1 aliphatic rings. The van der Waals surface area contributed by atoms with Crippen molar-refractivity contribution in [3.8, 4) is 0 Å². The maximum atomic E-state index is 12.6. The second-order valence-electron chi connectivity index (χ2n) is 5.66. The molecule has 0 amide bonds. The number of benzene rings is 1. The third-order valence-electron chi connectivity index (χ3n) is 3.61. The molecule has 2 rings (SSSR count). The highest BCUT2D eigenvalue weighted by molar-refractivity contribution is 7.93. The van der Waals surface area contributed by atoms with Crippen LogP contribution in [0.15, 0.2) is 36.4 Å². The number of esters is 1. The van der Waals surface area contributed by atoms with Crippen molar-refractivity contribution in [3.63, 3.8) is 0 Å². The van der Waals surface area contributed by atoms with Crippen molar-refractivity contribution in [2.75, 3.05) is 11.5 Å². The van der Waals surface area contributed by atoms with Crippen LogP contribution in [-0.4, -0.2) is 37.0 Å². The zero-order valence-electron chi connectivity index (χ0n) is 12.7. The normalized spacial score (nSPS) is 18.0. The first-order chi connectivity index (χ1) is 11.3. The fourth-order valence-corrected chi connectivity index (χ4v) is 4.21. The molecule has 10 heteroatoms. The van der Waals surface area contributed by atoms with E-state index < -0.39 is 62.6 Å². The number of alkyl halides is 3. The average molecular weight is 378 g/mol. The number of hydrogen-bond acceptors (Lipinski definition) is 5. The number of ether oxygens (including phenoxy) is 1. The third-order valence-corrected chi connectivity index (χ3v) is 5.43. The molecule has 136 valence electrons. The van der Waals surface area contributed by atoms with E-state index in [1.54, 1.807) is 0 Å². The number of carbonyl (C=O) groups is 2. The first-order valence-electron chi connectivity index (χ1n) is 6.86. The fourth-order valence-electron chi connectivity index (χ4n) is 2.42. The highest BCUT2D eigenvalue weighted by atomic mass is 32.2. The molecule has 0 atom stereocenters. The molecule has 1 aliphatic heterocycles. The Hall–Kier alpha value is -2.36. The molecule has 1 heterocycles. The summed E-state index contributed by atoms with van der Waals surface area (Å²) in [6.45, 7) is 3.16. The second-order valence-corrected chi connectivity index (χ2v) is 7.73. The monoisotopic (exact) mass is 378 g/mol. The molecule has 6 nitrogen and oxygen atoms in total. The zero-order chi connectivity index (χ0) is 19.0. The van der Waals surface area contributed by atoms with Crippen LogP contribution in [0.1, 0.15) is 17.5 Å². The fraction of sp³-hybridized carbons (Fsp3) is 0.333. The molecule has 1 aromatic carbocycles. The SMILES string of the molecule is C=C(CC(=O)OC1(c2ccc(C(F)(F)F)cc2)CS(=O)(=O)C1)C(=O)O. The summed E-state index contributed by atoms with van der Waals surface area (Å²) in [5, 5.41) is 8.70. The Morgan fingerprint density at radius 1 is 1.20 bits per heavy atom. The number of hydrogen-bond donors (Lipinski definition) is 1. The largest absolute Gasteiger partial charge is 0.478 e. The maximum absolute atomic E-state index is 12.6. The number of carboxylic acid groups (broad SMARTS) is 1. The van der Waals surface area contributed by atoms with Crippen molar-refractivity contribution in [1.29, 1.82) is 0 Å². The van der Waals surface area contributed by atoms with Crippen LogP contribution >= 0.6 is 0 Å². The molecule has 0 radical (unpaired) electrons. The predicted molar refractivity (Wildman–Crippen MR) is 79.3 cm³/mol. The molecule has 0 bridgehead atoms. The molecular formula is C15H13F3O6S. The lowest BCUT2D eigenvalue weighted by Gasteiger charge is -2.40. The highest BCUT2D eigenvalue weighted by Crippen LogP contribution is 2.40. The molecule has 0 aromatic heterocycles. The molecule has 1 N–H and O–H groups in total. The molecule has 0 aliphatic carbocycles. The van der Waals surface area contributed by atoms with Gasteiger partial charge >= 0.3 is 18.1 Å². The lowest BCUT2D eigenvalue weighted by molar-refractivity contribution is -0.158. The standard InChI is InChI=1S/C15H13F3O6S/c1-9(13(20)21)6-12(19)24-14(7-25(22,23)8-14)10-2-4-11(5-3-10)15(16,17)18/h2-5H,1,6-8H2,(H,20,21). The van der Waals surface area contributed by atoms with Crippen LogP contribution in [0.2, 0.25) is 0 Å². The third kappa shape index (κ3) is 4.19. The van der Waals surface area contributed by atoms with Crippen molar-refractivity contribution >= 4 is 21.8 Å². The lowest BCUT2D eigenvalue weighted by Crippen LogP contribution is -2.55. The van der Waals surface area contributed by atoms with E-state index in [0.29, 0.717) is 0 Å². The summed E-state index contributed by atoms with van der Waals surface area (Å²) in [5.74, 6) is -3.61. The maximum Gasteiger partial charge on any atom is 0.416 e. The van der Waals surface area contributed by atoms with E-state index in [0.717, 1.165) is 24.3 Å². The van der Waals surface area contributed by atoms with Crippen LogP contribution in [0.3, 0.4) is 0 Å². The van der Waals surface area contributed by atoms with Gasteiger partial charge in [-0.15, -0.1) is 0 Å². The van der Waals surface area contributed by atoms with Gasteiger partial charge in [0.1, 0.15) is 0 Å². The Morgan fingerprint density at radius 2 is 1.72 bits per heavy atom. The van der Waals surface area contributed by atoms with Gasteiger partial charge in [-0.05, 0) is 17.7 Å². The summed E-state index contributed by atoms with van der Waals surface area (Å²) < 4.78 is 66.0. The van der Waals surface area contributed by atoms with Crippen LogP contribution in [0, 0.1) is 0 Å². The number of halogens is 3. The Morgan fingerprint density at radius 3 is 2.12 bits per heavy atom. The van der Waals surface area contributed by atoms with Gasteiger partial charge in [0, 0.05) is 5.57 Å². The molecule has 0 saturated carbocycles. The molecular weight excluding hydrogens is 365 g/mol. The summed E-state index contributed by atoms with van der Waals surface area (Å²) in [4.78, 5) is 22.5. The van der Waals surface area contributed by atoms with E-state index in [2.05, 4.69) is 6.58 Å². The van der Waals surface area contributed by atoms with Crippen molar-refractivity contribution < 1.29 is 41.0 Å². The minimum Gasteiger partial charge on any atom is -0.478 e. The predicted octanol–water partition coefficient (Wildman–Crippen LogP) is 1.90. The molecule has 0 unspecified atom stereocenters. The molecule has 1 aromatic rings. The van der Waals surface area contributed by atoms with Gasteiger partial charge in [0.25, 0.3) is 0 Å². The number of rotatable bonds is 5. The summed E-state index contributed by atoms with van der Waals surface area (Å²) in [5.41, 5.74) is -2.92. The number of carboxylic acids is 1. The van der Waals surface area contributed by atoms with Crippen molar-refractivity contribution in [2.45, 2.75) is 18.2 Å². The van der Waals surface area contributed by atoms with E-state index in [1.807, 2.05) is 0 Å². The van der Waals surface area contributed by atoms with Crippen molar-refractivity contribution in [3.05, 3.63) is 47.5 Å². The average Bonchev–Trinajstić information content (AvgIpc) is 2.43. The van der Waals surface area contributed by atoms with Crippen LogP contribution in [0.4, 0.5) is 13.2 Å². The van der Waals surface area contributed by atoms with Gasteiger partial charge in [0.2, 0.25) is 0 Å². The van der Waals surface area contributed by atoms with Gasteiger partial charge in [-0.2, -0.15) is 13.2 Å². The summed E-state index contributed by atoms with van der Waals surface area (Å²) in [6.07, 6.45) is -5.23. The molecule has 0 spiro atoms. The first-order valence-corrected chi connectivity index (χ1v) is 8.68. The summed E-state index contributed by atoms with van der Waals surface area (Å²) in [7, 11) is -3.50. The first kappa shape index (κ1) is 19.0. The Balaban J connectivity index is 2.26. The van der Waals surface area contributed by atoms with Crippen molar-refractivity contribution in [2.24, 2.45) is 0 Å². The van der Waals surface area contributed by atoms with Gasteiger partial charge in [0.05, 0.1) is 23.5 Å². The van der Waals surface area contributed by atoms with Crippen LogP contribution in [-0.2, 0) is 35.9 Å². The Bertz CT molecular complexity index is 812. The van der Waals surface area contributed by atoms with E-state index in [1.165, 1.54) is 0 Å². The van der Waals surface area contributed by atoms with E-state index in [4.69, 9.17) is 9.84 Å². The van der Waals surface area contributed by atoms with Crippen molar-refractivity contribution in [1.82, 2.24) is 0 Å². The Kier molecular flexibility index (Phi) is 4.69. The number of sulfone groups is 1. The van der Waals surface area contributed by atoms with Gasteiger partial charge in [0.15, 0.2) is 15.4 Å². The molecule has 1 fully saturated rings. The highest BCUT2D eigenvalue weighted by Gasteiger charge is 2.53. The smallest absolute Gasteiger partial charge is 0.416 e. The van der Waals surface area contributed by atoms with Gasteiger partial charge in [-0.25, -0.2) is 13.2 Å². The van der Waals surface area contributed by atoms with Crippen LogP contribution in [0.5, 0.6) is 0 Å². The zero-order valence-corrected chi connectivity index (χ0v) is 13.5. The van der Waals surface area contributed by atoms with Gasteiger partial charge < -0.3 is 9.84 Å². The van der Waals surface area contributed by atoms with E-state index in [-0.39, 0.29) is 5.56 Å². The number of aliphatic carboxylic acids is 1. The van der Waals surface area contributed by atoms with Gasteiger partial charge in [-0.1, -0.05) is 18.7 Å². The summed E-state index contributed by atoms with van der Waals surface area (Å²) >= 11 is 0. The Labute approximate surface area is 140 Å². The lowest BCUT2D eigenvalue weighted by atomic mass is 9.95. The molecule has 25 heavy (non-hydrogen) atoms. The van der Waals surface area contributed by atoms with Crippen LogP contribution < -0.4 is 0 Å². The summed E-state index contributed by atoms with van der Waals surface area (Å²) in [6, 6.07) is 3.59. The minimum atomic E-state index is -4.56. The van der Waals surface area contributed by atoms with Gasteiger partial charge in [-0.3, -0.25) is 4.79 Å². The van der Waals surface area contributed by atoms with E-state index in [9.17, 15) is 31.2 Å². The minimum absolute atomic E-state index is 0.0876. The second kappa shape index (κ2) is 6.17.